The van der Waals surface area contributed by atoms with Crippen LogP contribution in [0.15, 0.2) is 0 Å². The molecule has 542 valence electrons. The molecule has 1 aliphatic heterocycles. The molecule has 94 heavy (non-hydrogen) atoms. The van der Waals surface area contributed by atoms with E-state index in [1.807, 2.05) is 55.4 Å². The minimum absolute atomic E-state index is 0.0144. The molecule has 11 amide bonds. The first-order valence-electron chi connectivity index (χ1n) is 34.4. The SMILES string of the molecule is CC[C@@H]1NC(=O)[C@H]([C@H](O)[C@H](C)CCCCCCN)N(C)C(=O)[C@H](C(C)C)N(C)C(=O)[C@H](CC(C)C)N(C)C(=O)[C@H](CC(C)C)N(C)C(=O)[C@H](C)NC(=O)[C@@H](C)NC(=O)[C@@H](CC(C)C)N(C)C(=O)[C@@H](C(C)C)NC(=O)[C@H](CC(C)C)N(C)C(=O)[C@@H](SCCCCO)N(C)C1=O. The Kier molecular flexibility index (Phi) is 38.1. The average molecular weight is 1350 g/mol. The van der Waals surface area contributed by atoms with Gasteiger partial charge in [-0.1, -0.05) is 116 Å². The molecule has 0 radical (unpaired) electrons. The number of nitrogens with two attached hydrogens (primary N) is 1. The van der Waals surface area contributed by atoms with Crippen LogP contribution in [0.2, 0.25) is 0 Å². The largest absolute Gasteiger partial charge is 0.396 e. The summed E-state index contributed by atoms with van der Waals surface area (Å²) in [6, 6.07) is -12.6. The van der Waals surface area contributed by atoms with E-state index in [2.05, 4.69) is 21.3 Å². The number of unbranched alkanes of at least 4 members (excludes halogenated alkanes) is 4. The third kappa shape index (κ3) is 25.4. The van der Waals surface area contributed by atoms with Crippen LogP contribution in [0.3, 0.4) is 0 Å². The van der Waals surface area contributed by atoms with Gasteiger partial charge in [0.15, 0.2) is 5.37 Å². The highest BCUT2D eigenvalue weighted by Gasteiger charge is 2.46. The molecule has 0 saturated carbocycles. The highest BCUT2D eigenvalue weighted by Crippen LogP contribution is 2.28. The number of thioether (sulfide) groups is 1. The summed E-state index contributed by atoms with van der Waals surface area (Å²) in [5.74, 6) is -9.67. The van der Waals surface area contributed by atoms with Crippen molar-refractivity contribution in [1.29, 1.82) is 0 Å². The highest BCUT2D eigenvalue weighted by molar-refractivity contribution is 8.00. The standard InChI is InChI=1S/C68H126N12O13S/c1-24-48-62(88)80(23)68(94-34-30-29-33-81)67(93)75(18)50(36-40(4)5)59(85)73-53(43(10)11)65(91)74(17)49(35-39(2)3)58(84)70-46(15)57(83)71-47(16)61(87)76(19)51(37-41(6)7)63(89)77(20)52(38-42(8)9)64(90)78(21)54(44(12)13)66(92)79(22)55(60(86)72-48)56(82)45(14)31-27-25-26-28-32-69/h39-56,68,81-82H,24-38,69H2,1-23H3,(H,70,84)(H,71,83)(H,72,86)(H,73,85)/t45-,46-,47+,48+,49-,50+,51+,52+,53-,54+,55+,56-,68-/m1/s1. The summed E-state index contributed by atoms with van der Waals surface area (Å²) < 4.78 is 0. The molecule has 0 aromatic rings. The number of likely N-dealkylation sites (N-methyl/N-ethyl adjacent to an activating group) is 7. The Labute approximate surface area is 568 Å². The number of carbonyl (C=O) groups is 11. The van der Waals surface area contributed by atoms with E-state index >= 15 is 28.8 Å². The Bertz CT molecular complexity index is 2470. The first kappa shape index (κ1) is 86.4. The zero-order valence-electron chi connectivity index (χ0n) is 61.6. The van der Waals surface area contributed by atoms with Gasteiger partial charge < -0.3 is 71.5 Å². The van der Waals surface area contributed by atoms with Crippen LogP contribution in [0.4, 0.5) is 0 Å². The second-order valence-electron chi connectivity index (χ2n) is 28.6. The number of rotatable bonds is 24. The van der Waals surface area contributed by atoms with Crippen LogP contribution in [0.25, 0.3) is 0 Å². The molecule has 1 aliphatic rings. The first-order valence-corrected chi connectivity index (χ1v) is 35.4. The van der Waals surface area contributed by atoms with E-state index in [4.69, 9.17) is 5.73 Å². The average Bonchev–Trinajstić information content (AvgIpc) is 0.818. The summed E-state index contributed by atoms with van der Waals surface area (Å²) in [5, 5.41) is 32.0. The lowest BCUT2D eigenvalue weighted by Gasteiger charge is -2.41. The van der Waals surface area contributed by atoms with Gasteiger partial charge in [-0.2, -0.15) is 0 Å². The van der Waals surface area contributed by atoms with Gasteiger partial charge in [0.2, 0.25) is 59.1 Å². The number of hydrogen-bond donors (Lipinski definition) is 7. The Balaban J connectivity index is 4.53. The second kappa shape index (κ2) is 41.5. The van der Waals surface area contributed by atoms with Crippen LogP contribution >= 0.6 is 11.8 Å². The lowest BCUT2D eigenvalue weighted by atomic mass is 9.90. The summed E-state index contributed by atoms with van der Waals surface area (Å²) in [6.07, 6.45) is 3.42. The Morgan fingerprint density at radius 3 is 1.34 bits per heavy atom. The van der Waals surface area contributed by atoms with Crippen molar-refractivity contribution >= 4 is 76.7 Å². The van der Waals surface area contributed by atoms with E-state index in [-0.39, 0.29) is 68.1 Å². The van der Waals surface area contributed by atoms with Crippen LogP contribution < -0.4 is 27.0 Å². The number of aliphatic hydroxyl groups is 2. The predicted octanol–water partition coefficient (Wildman–Crippen LogP) is 4.04. The molecule has 0 spiro atoms. The van der Waals surface area contributed by atoms with Gasteiger partial charge in [0.1, 0.15) is 60.4 Å². The molecule has 0 aromatic carbocycles. The van der Waals surface area contributed by atoms with E-state index in [1.165, 1.54) is 92.6 Å². The minimum atomic E-state index is -1.64. The van der Waals surface area contributed by atoms with E-state index in [9.17, 15) is 34.2 Å². The topological polar surface area (TPSA) is 325 Å². The molecule has 1 fully saturated rings. The molecule has 26 heteroatoms. The number of aliphatic hydroxyl groups excluding tert-OH is 2. The molecule has 13 atom stereocenters. The minimum Gasteiger partial charge on any atom is -0.396 e. The van der Waals surface area contributed by atoms with Crippen LogP contribution in [0, 0.1) is 41.4 Å². The third-order valence-electron chi connectivity index (χ3n) is 17.9. The lowest BCUT2D eigenvalue weighted by Crippen LogP contribution is -2.64. The summed E-state index contributed by atoms with van der Waals surface area (Å²) in [5.41, 5.74) is 5.77. The van der Waals surface area contributed by atoms with Crippen molar-refractivity contribution < 1.29 is 63.0 Å². The zero-order chi connectivity index (χ0) is 72.5. The Morgan fingerprint density at radius 1 is 0.436 bits per heavy atom. The van der Waals surface area contributed by atoms with E-state index in [0.717, 1.165) is 35.9 Å². The van der Waals surface area contributed by atoms with Crippen molar-refractivity contribution in [2.24, 2.45) is 47.2 Å². The first-order chi connectivity index (χ1) is 43.7. The molecular formula is C68H126N12O13S. The van der Waals surface area contributed by atoms with Gasteiger partial charge in [-0.3, -0.25) is 52.7 Å². The Morgan fingerprint density at radius 2 is 0.872 bits per heavy atom. The van der Waals surface area contributed by atoms with E-state index in [1.54, 1.807) is 41.5 Å². The van der Waals surface area contributed by atoms with Crippen molar-refractivity contribution in [3.63, 3.8) is 0 Å². The van der Waals surface area contributed by atoms with E-state index < -0.39 is 155 Å². The van der Waals surface area contributed by atoms with Gasteiger partial charge in [0.05, 0.1) is 6.10 Å². The van der Waals surface area contributed by atoms with Crippen LogP contribution in [-0.2, 0) is 52.7 Å². The molecule has 8 N–H and O–H groups in total. The molecule has 0 bridgehead atoms. The monoisotopic (exact) mass is 1350 g/mol. The van der Waals surface area contributed by atoms with Crippen molar-refractivity contribution in [1.82, 2.24) is 55.6 Å². The van der Waals surface area contributed by atoms with Crippen molar-refractivity contribution in [2.45, 2.75) is 260 Å². The van der Waals surface area contributed by atoms with Crippen LogP contribution in [0.1, 0.15) is 188 Å². The number of nitrogens with zero attached hydrogens (tertiary/aromatic N) is 7. The van der Waals surface area contributed by atoms with Gasteiger partial charge in [-0.25, -0.2) is 0 Å². The van der Waals surface area contributed by atoms with Gasteiger partial charge in [0.25, 0.3) is 5.91 Å². The maximum absolute atomic E-state index is 15.4. The molecule has 25 nitrogen and oxygen atoms in total. The number of amides is 11. The summed E-state index contributed by atoms with van der Waals surface area (Å²) >= 11 is 1.10. The van der Waals surface area contributed by atoms with Gasteiger partial charge in [0, 0.05) is 55.9 Å². The fraction of sp³-hybridized carbons (Fsp3) is 0.838. The molecule has 0 unspecified atom stereocenters. The summed E-state index contributed by atoms with van der Waals surface area (Å²) in [6.45, 7) is 28.6. The van der Waals surface area contributed by atoms with Crippen LogP contribution in [-0.4, -0.2) is 250 Å². The van der Waals surface area contributed by atoms with Gasteiger partial charge in [-0.15, -0.1) is 11.8 Å². The Hall–Kier alpha value is -5.60. The predicted molar refractivity (Wildman–Crippen MR) is 369 cm³/mol. The molecule has 0 aliphatic carbocycles. The summed E-state index contributed by atoms with van der Waals surface area (Å²) in [7, 11) is 10.0. The molecule has 0 aromatic heterocycles. The fourth-order valence-corrected chi connectivity index (χ4v) is 13.2. The smallest absolute Gasteiger partial charge is 0.256 e. The molecular weight excluding hydrogens is 1220 g/mol. The van der Waals surface area contributed by atoms with Crippen molar-refractivity contribution in [3.8, 4) is 0 Å². The third-order valence-corrected chi connectivity index (χ3v) is 19.2. The maximum Gasteiger partial charge on any atom is 0.256 e. The molecule has 1 rings (SSSR count). The van der Waals surface area contributed by atoms with E-state index in [0.29, 0.717) is 32.2 Å². The summed E-state index contributed by atoms with van der Waals surface area (Å²) in [4.78, 5) is 172. The maximum atomic E-state index is 15.4. The fourth-order valence-electron chi connectivity index (χ4n) is 11.9. The number of nitrogens with one attached hydrogen (secondary N) is 4. The van der Waals surface area contributed by atoms with Gasteiger partial charge >= 0.3 is 0 Å². The highest BCUT2D eigenvalue weighted by atomic mass is 32.2. The van der Waals surface area contributed by atoms with Crippen molar-refractivity contribution in [3.05, 3.63) is 0 Å². The molecule has 1 saturated heterocycles. The lowest BCUT2D eigenvalue weighted by molar-refractivity contribution is -0.157. The van der Waals surface area contributed by atoms with Crippen molar-refractivity contribution in [2.75, 3.05) is 68.2 Å². The van der Waals surface area contributed by atoms with Gasteiger partial charge in [-0.05, 0) is 125 Å². The number of carbonyl (C=O) groups excluding carboxylic acids is 11. The second-order valence-corrected chi connectivity index (χ2v) is 29.8. The molecule has 1 heterocycles. The quantitative estimate of drug-likeness (QED) is 0.0671. The zero-order valence-corrected chi connectivity index (χ0v) is 62.4. The normalized spacial score (nSPS) is 26.2. The van der Waals surface area contributed by atoms with Crippen LogP contribution in [0.5, 0.6) is 0 Å². The number of hydrogen-bond acceptors (Lipinski definition) is 15.